The summed E-state index contributed by atoms with van der Waals surface area (Å²) in [5.41, 5.74) is 0.766. The number of halogens is 2. The van der Waals surface area contributed by atoms with Crippen LogP contribution in [0.1, 0.15) is 23.2 Å². The van der Waals surface area contributed by atoms with Crippen LogP contribution in [0.15, 0.2) is 24.3 Å². The molecule has 0 atom stereocenters. The summed E-state index contributed by atoms with van der Waals surface area (Å²) in [4.78, 5) is 11.7. The van der Waals surface area contributed by atoms with Crippen LogP contribution in [0.25, 0.3) is 0 Å². The highest BCUT2D eigenvalue weighted by Gasteiger charge is 2.41. The Labute approximate surface area is 102 Å². The summed E-state index contributed by atoms with van der Waals surface area (Å²) >= 11 is 3.45. The van der Waals surface area contributed by atoms with Gasteiger partial charge in [0.05, 0.1) is 0 Å². The van der Waals surface area contributed by atoms with Crippen LogP contribution in [0.2, 0.25) is 0 Å². The lowest BCUT2D eigenvalue weighted by atomic mass is 10.1. The fraction of sp³-hybridized carbons (Fsp3) is 0.417. The molecule has 0 saturated heterocycles. The van der Waals surface area contributed by atoms with E-state index in [1.54, 1.807) is 0 Å². The van der Waals surface area contributed by atoms with Crippen molar-refractivity contribution in [3.05, 3.63) is 35.6 Å². The lowest BCUT2D eigenvalue weighted by Crippen LogP contribution is -2.30. The van der Waals surface area contributed by atoms with Gasteiger partial charge in [0, 0.05) is 17.4 Å². The molecule has 1 saturated carbocycles. The normalized spacial score (nSPS) is 16.9. The molecule has 4 heteroatoms. The van der Waals surface area contributed by atoms with Gasteiger partial charge in [-0.15, -0.1) is 0 Å². The van der Waals surface area contributed by atoms with E-state index in [1.165, 1.54) is 24.3 Å². The summed E-state index contributed by atoms with van der Waals surface area (Å²) < 4.78 is 12.7. The number of nitrogens with one attached hydrogen (secondary N) is 1. The molecule has 0 spiro atoms. The quantitative estimate of drug-likeness (QED) is 0.847. The molecule has 1 N–H and O–H groups in total. The van der Waals surface area contributed by atoms with Crippen LogP contribution in [0, 0.1) is 11.2 Å². The predicted molar refractivity (Wildman–Crippen MR) is 64.2 cm³/mol. The molecular weight excluding hydrogens is 273 g/mol. The predicted octanol–water partition coefficient (Wildman–Crippen LogP) is 2.73. The molecule has 0 aliphatic heterocycles. The van der Waals surface area contributed by atoms with Gasteiger partial charge in [-0.2, -0.15) is 0 Å². The maximum atomic E-state index is 12.7. The first-order valence-corrected chi connectivity index (χ1v) is 6.37. The van der Waals surface area contributed by atoms with Crippen molar-refractivity contribution in [3.8, 4) is 0 Å². The Balaban J connectivity index is 1.91. The molecule has 0 unspecified atom stereocenters. The van der Waals surface area contributed by atoms with Gasteiger partial charge < -0.3 is 5.32 Å². The summed E-state index contributed by atoms with van der Waals surface area (Å²) in [7, 11) is 0. The fourth-order valence-corrected chi connectivity index (χ4v) is 2.26. The molecule has 0 heterocycles. The zero-order valence-corrected chi connectivity index (χ0v) is 10.4. The zero-order valence-electron chi connectivity index (χ0n) is 8.80. The number of alkyl halides is 1. The summed E-state index contributed by atoms with van der Waals surface area (Å²) in [6, 6.07) is 5.59. The summed E-state index contributed by atoms with van der Waals surface area (Å²) in [6.07, 6.45) is 2.31. The van der Waals surface area contributed by atoms with Crippen molar-refractivity contribution in [1.29, 1.82) is 0 Å². The number of carbonyl (C=O) groups excluding carboxylic acids is 1. The van der Waals surface area contributed by atoms with Crippen LogP contribution >= 0.6 is 15.9 Å². The number of carbonyl (C=O) groups is 1. The molecule has 1 aliphatic carbocycles. The molecule has 1 fully saturated rings. The molecule has 16 heavy (non-hydrogen) atoms. The molecule has 1 amide bonds. The Morgan fingerprint density at radius 3 is 2.50 bits per heavy atom. The highest BCUT2D eigenvalue weighted by atomic mass is 79.9. The third-order valence-electron chi connectivity index (χ3n) is 2.97. The maximum Gasteiger partial charge on any atom is 0.251 e. The van der Waals surface area contributed by atoms with Crippen LogP contribution in [0.3, 0.4) is 0 Å². The molecule has 0 radical (unpaired) electrons. The molecule has 0 aromatic heterocycles. The van der Waals surface area contributed by atoms with Crippen LogP contribution in [0.5, 0.6) is 0 Å². The summed E-state index contributed by atoms with van der Waals surface area (Å²) in [5.74, 6) is -0.456. The van der Waals surface area contributed by atoms with E-state index in [0.717, 1.165) is 18.2 Å². The van der Waals surface area contributed by atoms with E-state index in [1.807, 2.05) is 0 Å². The van der Waals surface area contributed by atoms with E-state index in [2.05, 4.69) is 21.2 Å². The Bertz CT molecular complexity index is 387. The number of amides is 1. The van der Waals surface area contributed by atoms with Gasteiger partial charge in [0.1, 0.15) is 5.82 Å². The van der Waals surface area contributed by atoms with E-state index in [4.69, 9.17) is 0 Å². The first kappa shape index (κ1) is 11.6. The number of benzene rings is 1. The van der Waals surface area contributed by atoms with Gasteiger partial charge in [-0.3, -0.25) is 4.79 Å². The molecule has 1 aromatic rings. The Kier molecular flexibility index (Phi) is 3.28. The van der Waals surface area contributed by atoms with Crippen molar-refractivity contribution in [1.82, 2.24) is 5.32 Å². The van der Waals surface area contributed by atoms with Gasteiger partial charge in [-0.1, -0.05) is 15.9 Å². The Morgan fingerprint density at radius 1 is 1.38 bits per heavy atom. The molecule has 1 aliphatic rings. The van der Waals surface area contributed by atoms with Crippen molar-refractivity contribution in [3.63, 3.8) is 0 Å². The van der Waals surface area contributed by atoms with Gasteiger partial charge in [-0.25, -0.2) is 4.39 Å². The second kappa shape index (κ2) is 4.53. The molecule has 0 bridgehead atoms. The summed E-state index contributed by atoms with van der Waals surface area (Å²) in [6.45, 7) is 0.689. The lowest BCUT2D eigenvalue weighted by Gasteiger charge is -2.12. The third kappa shape index (κ3) is 2.61. The van der Waals surface area contributed by atoms with Crippen molar-refractivity contribution in [2.45, 2.75) is 12.8 Å². The molecule has 2 rings (SSSR count). The fourth-order valence-electron chi connectivity index (χ4n) is 1.51. The molecular formula is C12H13BrFNO. The monoisotopic (exact) mass is 285 g/mol. The van der Waals surface area contributed by atoms with Crippen molar-refractivity contribution >= 4 is 21.8 Å². The number of rotatable bonds is 4. The van der Waals surface area contributed by atoms with E-state index in [0.29, 0.717) is 12.1 Å². The largest absolute Gasteiger partial charge is 0.351 e. The maximum absolute atomic E-state index is 12.7. The van der Waals surface area contributed by atoms with E-state index in [9.17, 15) is 9.18 Å². The van der Waals surface area contributed by atoms with Crippen LogP contribution in [0.4, 0.5) is 4.39 Å². The minimum atomic E-state index is -0.323. The number of hydrogen-bond acceptors (Lipinski definition) is 1. The molecule has 2 nitrogen and oxygen atoms in total. The average molecular weight is 286 g/mol. The molecule has 86 valence electrons. The Hall–Kier alpha value is -0.900. The van der Waals surface area contributed by atoms with Crippen LogP contribution in [-0.2, 0) is 0 Å². The van der Waals surface area contributed by atoms with Crippen molar-refractivity contribution in [2.75, 3.05) is 11.9 Å². The SMILES string of the molecule is O=C(NCC1(CBr)CC1)c1ccc(F)cc1. The topological polar surface area (TPSA) is 29.1 Å². The minimum absolute atomic E-state index is 0.132. The number of hydrogen-bond donors (Lipinski definition) is 1. The zero-order chi connectivity index (χ0) is 11.6. The van der Waals surface area contributed by atoms with Gasteiger partial charge in [0.15, 0.2) is 0 Å². The van der Waals surface area contributed by atoms with Crippen molar-refractivity contribution in [2.24, 2.45) is 5.41 Å². The third-order valence-corrected chi connectivity index (χ3v) is 4.16. The van der Waals surface area contributed by atoms with Gasteiger partial charge in [0.25, 0.3) is 5.91 Å². The summed E-state index contributed by atoms with van der Waals surface area (Å²) in [5, 5.41) is 3.80. The standard InChI is InChI=1S/C12H13BrFNO/c13-7-12(5-6-12)8-15-11(16)9-1-3-10(14)4-2-9/h1-4H,5-8H2,(H,15,16). The first-order chi connectivity index (χ1) is 7.65. The van der Waals surface area contributed by atoms with Crippen LogP contribution < -0.4 is 5.32 Å². The van der Waals surface area contributed by atoms with E-state index >= 15 is 0 Å². The minimum Gasteiger partial charge on any atom is -0.351 e. The highest BCUT2D eigenvalue weighted by Crippen LogP contribution is 2.46. The smallest absolute Gasteiger partial charge is 0.251 e. The highest BCUT2D eigenvalue weighted by molar-refractivity contribution is 9.09. The van der Waals surface area contributed by atoms with Gasteiger partial charge in [-0.05, 0) is 42.5 Å². The second-order valence-electron chi connectivity index (χ2n) is 4.32. The van der Waals surface area contributed by atoms with E-state index < -0.39 is 0 Å². The molecule has 1 aromatic carbocycles. The second-order valence-corrected chi connectivity index (χ2v) is 4.88. The van der Waals surface area contributed by atoms with Gasteiger partial charge in [0.2, 0.25) is 0 Å². The van der Waals surface area contributed by atoms with Gasteiger partial charge >= 0.3 is 0 Å². The lowest BCUT2D eigenvalue weighted by molar-refractivity contribution is 0.0946. The van der Waals surface area contributed by atoms with Crippen molar-refractivity contribution < 1.29 is 9.18 Å². The average Bonchev–Trinajstić information content (AvgIpc) is 3.08. The van der Waals surface area contributed by atoms with E-state index in [-0.39, 0.29) is 17.1 Å². The van der Waals surface area contributed by atoms with Crippen LogP contribution in [-0.4, -0.2) is 17.8 Å². The Morgan fingerprint density at radius 2 is 2.00 bits per heavy atom. The first-order valence-electron chi connectivity index (χ1n) is 5.25.